The number of nitrogens with one attached hydrogen (secondary N) is 1. The van der Waals surface area contributed by atoms with Gasteiger partial charge in [0, 0.05) is 32.3 Å². The Hall–Kier alpha value is -2.26. The summed E-state index contributed by atoms with van der Waals surface area (Å²) in [6.45, 7) is 2.23. The lowest BCUT2D eigenvalue weighted by atomic mass is 10.1. The Balaban J connectivity index is 1.69. The monoisotopic (exact) mass is 404 g/mol. The second kappa shape index (κ2) is 9.29. The van der Waals surface area contributed by atoms with E-state index < -0.39 is 10.0 Å². The van der Waals surface area contributed by atoms with Gasteiger partial charge in [-0.1, -0.05) is 30.3 Å². The van der Waals surface area contributed by atoms with Crippen LogP contribution < -0.4 is 5.32 Å². The molecule has 2 aromatic carbocycles. The second-order valence-corrected chi connectivity index (χ2v) is 8.42. The normalized spacial score (nSPS) is 15.3. The van der Waals surface area contributed by atoms with Crippen LogP contribution in [-0.2, 0) is 32.6 Å². The first-order chi connectivity index (χ1) is 13.5. The number of hydrogen-bond donors (Lipinski definition) is 1. The zero-order valence-corrected chi connectivity index (χ0v) is 16.6. The van der Waals surface area contributed by atoms with Crippen molar-refractivity contribution in [2.75, 3.05) is 33.4 Å². The van der Waals surface area contributed by atoms with Crippen LogP contribution in [0, 0.1) is 0 Å². The Morgan fingerprint density at radius 1 is 1.11 bits per heavy atom. The molecule has 150 valence electrons. The van der Waals surface area contributed by atoms with Crippen molar-refractivity contribution in [3.8, 4) is 0 Å². The number of sulfonamides is 1. The van der Waals surface area contributed by atoms with Gasteiger partial charge in [0.2, 0.25) is 10.0 Å². The fraction of sp³-hybridized carbons (Fsp3) is 0.350. The SMILES string of the molecule is COCc1cccc(CNC(=O)c2cccc(S(=O)(=O)N3CCOCC3)c2)c1. The molecule has 28 heavy (non-hydrogen) atoms. The summed E-state index contributed by atoms with van der Waals surface area (Å²) in [5, 5.41) is 2.83. The first-order valence-corrected chi connectivity index (χ1v) is 10.5. The summed E-state index contributed by atoms with van der Waals surface area (Å²) >= 11 is 0. The van der Waals surface area contributed by atoms with Crippen LogP contribution in [0.3, 0.4) is 0 Å². The molecule has 0 spiro atoms. The van der Waals surface area contributed by atoms with Crippen molar-refractivity contribution in [2.24, 2.45) is 0 Å². The zero-order chi connectivity index (χ0) is 20.0. The first kappa shape index (κ1) is 20.5. The van der Waals surface area contributed by atoms with E-state index in [9.17, 15) is 13.2 Å². The number of methoxy groups -OCH3 is 1. The average molecular weight is 404 g/mol. The minimum absolute atomic E-state index is 0.115. The predicted octanol–water partition coefficient (Wildman–Crippen LogP) is 1.78. The smallest absolute Gasteiger partial charge is 0.251 e. The lowest BCUT2D eigenvalue weighted by Crippen LogP contribution is -2.40. The molecule has 0 saturated carbocycles. The maximum absolute atomic E-state index is 12.8. The van der Waals surface area contributed by atoms with Crippen molar-refractivity contribution in [1.29, 1.82) is 0 Å². The number of benzene rings is 2. The molecule has 0 unspecified atom stereocenters. The standard InChI is InChI=1S/C20H24N2O5S/c1-26-15-17-5-2-4-16(12-17)14-21-20(23)18-6-3-7-19(13-18)28(24,25)22-8-10-27-11-9-22/h2-7,12-13H,8-11,14-15H2,1H3,(H,21,23). The van der Waals surface area contributed by atoms with Gasteiger partial charge in [0.15, 0.2) is 0 Å². The van der Waals surface area contributed by atoms with Crippen LogP contribution in [0.2, 0.25) is 0 Å². The highest BCUT2D eigenvalue weighted by Crippen LogP contribution is 2.18. The van der Waals surface area contributed by atoms with Crippen molar-refractivity contribution in [3.05, 3.63) is 65.2 Å². The molecule has 1 heterocycles. The highest BCUT2D eigenvalue weighted by molar-refractivity contribution is 7.89. The number of morpholine rings is 1. The molecule has 0 atom stereocenters. The maximum Gasteiger partial charge on any atom is 0.251 e. The van der Waals surface area contributed by atoms with E-state index in [1.165, 1.54) is 16.4 Å². The Morgan fingerprint density at radius 3 is 2.57 bits per heavy atom. The fourth-order valence-electron chi connectivity index (χ4n) is 3.01. The van der Waals surface area contributed by atoms with Crippen LogP contribution in [-0.4, -0.2) is 52.0 Å². The highest BCUT2D eigenvalue weighted by Gasteiger charge is 2.26. The molecule has 1 amide bonds. The summed E-state index contributed by atoms with van der Waals surface area (Å²) in [6, 6.07) is 13.9. The molecule has 1 aliphatic rings. The third-order valence-corrected chi connectivity index (χ3v) is 6.35. The van der Waals surface area contributed by atoms with E-state index in [-0.39, 0.29) is 10.8 Å². The lowest BCUT2D eigenvalue weighted by Gasteiger charge is -2.26. The molecule has 1 aliphatic heterocycles. The van der Waals surface area contributed by atoms with E-state index in [4.69, 9.17) is 9.47 Å². The molecular formula is C20H24N2O5S. The summed E-state index contributed by atoms with van der Waals surface area (Å²) in [7, 11) is -2.01. The summed E-state index contributed by atoms with van der Waals surface area (Å²) in [5.74, 6) is -0.323. The highest BCUT2D eigenvalue weighted by atomic mass is 32.2. The van der Waals surface area contributed by atoms with E-state index in [1.54, 1.807) is 19.2 Å². The van der Waals surface area contributed by atoms with Gasteiger partial charge < -0.3 is 14.8 Å². The molecule has 2 aromatic rings. The van der Waals surface area contributed by atoms with Gasteiger partial charge in [-0.05, 0) is 29.3 Å². The number of hydrogen-bond acceptors (Lipinski definition) is 5. The van der Waals surface area contributed by atoms with Gasteiger partial charge in [-0.25, -0.2) is 8.42 Å². The zero-order valence-electron chi connectivity index (χ0n) is 15.8. The molecule has 1 N–H and O–H groups in total. The summed E-state index contributed by atoms with van der Waals surface area (Å²) in [5.41, 5.74) is 2.27. The first-order valence-electron chi connectivity index (χ1n) is 9.03. The molecule has 3 rings (SSSR count). The van der Waals surface area contributed by atoms with Crippen LogP contribution in [0.4, 0.5) is 0 Å². The third kappa shape index (κ3) is 4.96. The number of nitrogens with zero attached hydrogens (tertiary/aromatic N) is 1. The average Bonchev–Trinajstić information content (AvgIpc) is 2.73. The van der Waals surface area contributed by atoms with Gasteiger partial charge in [-0.2, -0.15) is 4.31 Å². The molecule has 0 aliphatic carbocycles. The van der Waals surface area contributed by atoms with Crippen LogP contribution >= 0.6 is 0 Å². The number of carbonyl (C=O) groups is 1. The Bertz CT molecular complexity index is 924. The number of ether oxygens (including phenoxy) is 2. The van der Waals surface area contributed by atoms with Crippen LogP contribution in [0.15, 0.2) is 53.4 Å². The largest absolute Gasteiger partial charge is 0.380 e. The van der Waals surface area contributed by atoms with E-state index in [0.717, 1.165) is 11.1 Å². The van der Waals surface area contributed by atoms with Gasteiger partial charge >= 0.3 is 0 Å². The quantitative estimate of drug-likeness (QED) is 0.760. The lowest BCUT2D eigenvalue weighted by molar-refractivity contribution is 0.0730. The topological polar surface area (TPSA) is 84.9 Å². The van der Waals surface area contributed by atoms with E-state index in [2.05, 4.69) is 5.32 Å². The van der Waals surface area contributed by atoms with Crippen LogP contribution in [0.1, 0.15) is 21.5 Å². The molecule has 0 radical (unpaired) electrons. The van der Waals surface area contributed by atoms with E-state index in [1.807, 2.05) is 24.3 Å². The number of carbonyl (C=O) groups excluding carboxylic acids is 1. The Morgan fingerprint density at radius 2 is 1.82 bits per heavy atom. The van der Waals surface area contributed by atoms with Crippen molar-refractivity contribution in [2.45, 2.75) is 18.0 Å². The number of rotatable bonds is 7. The van der Waals surface area contributed by atoms with Gasteiger partial charge in [-0.3, -0.25) is 4.79 Å². The molecule has 7 nitrogen and oxygen atoms in total. The molecule has 0 aromatic heterocycles. The number of amides is 1. The van der Waals surface area contributed by atoms with Crippen molar-refractivity contribution < 1.29 is 22.7 Å². The third-order valence-electron chi connectivity index (χ3n) is 4.46. The summed E-state index contributed by atoms with van der Waals surface area (Å²) in [6.07, 6.45) is 0. The van der Waals surface area contributed by atoms with Crippen LogP contribution in [0.25, 0.3) is 0 Å². The van der Waals surface area contributed by atoms with Gasteiger partial charge in [0.25, 0.3) is 5.91 Å². The second-order valence-electron chi connectivity index (χ2n) is 6.48. The van der Waals surface area contributed by atoms with E-state index in [0.29, 0.717) is 45.0 Å². The van der Waals surface area contributed by atoms with Gasteiger partial charge in [0.1, 0.15) is 0 Å². The van der Waals surface area contributed by atoms with Crippen molar-refractivity contribution in [1.82, 2.24) is 9.62 Å². The maximum atomic E-state index is 12.8. The van der Waals surface area contributed by atoms with Crippen molar-refractivity contribution in [3.63, 3.8) is 0 Å². The van der Waals surface area contributed by atoms with Gasteiger partial charge in [0.05, 0.1) is 24.7 Å². The van der Waals surface area contributed by atoms with Crippen LogP contribution in [0.5, 0.6) is 0 Å². The minimum Gasteiger partial charge on any atom is -0.380 e. The molecular weight excluding hydrogens is 380 g/mol. The molecule has 8 heteroatoms. The Kier molecular flexibility index (Phi) is 6.79. The fourth-order valence-corrected chi connectivity index (χ4v) is 4.47. The van der Waals surface area contributed by atoms with Gasteiger partial charge in [-0.15, -0.1) is 0 Å². The minimum atomic E-state index is -3.64. The Labute approximate surface area is 165 Å². The summed E-state index contributed by atoms with van der Waals surface area (Å²) in [4.78, 5) is 12.6. The van der Waals surface area contributed by atoms with E-state index >= 15 is 0 Å². The summed E-state index contributed by atoms with van der Waals surface area (Å²) < 4.78 is 37.2. The van der Waals surface area contributed by atoms with Crippen molar-refractivity contribution >= 4 is 15.9 Å². The molecule has 0 bridgehead atoms. The predicted molar refractivity (Wildman–Crippen MR) is 104 cm³/mol. The molecule has 1 fully saturated rings. The molecule has 1 saturated heterocycles.